The topological polar surface area (TPSA) is 83.6 Å². The fraction of sp³-hybridized carbons (Fsp3) is 0.611. The van der Waals surface area contributed by atoms with Gasteiger partial charge >= 0.3 is 6.03 Å². The van der Waals surface area contributed by atoms with Crippen molar-refractivity contribution in [2.45, 2.75) is 38.7 Å². The quantitative estimate of drug-likeness (QED) is 0.872. The zero-order valence-corrected chi connectivity index (χ0v) is 14.7. The van der Waals surface area contributed by atoms with Gasteiger partial charge in [-0.2, -0.15) is 0 Å². The number of ether oxygens (including phenoxy) is 1. The third-order valence-electron chi connectivity index (χ3n) is 4.75. The summed E-state index contributed by atoms with van der Waals surface area (Å²) in [5.74, 6) is 0.272. The van der Waals surface area contributed by atoms with Crippen LogP contribution in [0.1, 0.15) is 31.2 Å². The number of urea groups is 1. The van der Waals surface area contributed by atoms with Crippen molar-refractivity contribution in [3.63, 3.8) is 0 Å². The molecular weight excluding hydrogens is 320 g/mol. The Labute approximate surface area is 148 Å². The van der Waals surface area contributed by atoms with E-state index >= 15 is 0 Å². The molecule has 0 spiro atoms. The summed E-state index contributed by atoms with van der Waals surface area (Å²) in [4.78, 5) is 30.7. The lowest BCUT2D eigenvalue weighted by Gasteiger charge is -2.32. The highest BCUT2D eigenvalue weighted by Crippen LogP contribution is 2.19. The summed E-state index contributed by atoms with van der Waals surface area (Å²) < 4.78 is 5.52. The van der Waals surface area contributed by atoms with Crippen LogP contribution in [-0.2, 0) is 9.53 Å². The number of carbonyl (C=O) groups excluding carboxylic acids is 2. The molecule has 0 saturated carbocycles. The van der Waals surface area contributed by atoms with Gasteiger partial charge in [-0.05, 0) is 44.2 Å². The maximum absolute atomic E-state index is 12.5. The first kappa shape index (κ1) is 17.7. The fourth-order valence-corrected chi connectivity index (χ4v) is 3.26. The average Bonchev–Trinajstić information content (AvgIpc) is 3.15. The van der Waals surface area contributed by atoms with E-state index in [1.54, 1.807) is 17.2 Å². The molecule has 1 aromatic rings. The van der Waals surface area contributed by atoms with Gasteiger partial charge in [-0.15, -0.1) is 0 Å². The second-order valence-corrected chi connectivity index (χ2v) is 6.82. The molecule has 0 aliphatic carbocycles. The molecule has 2 saturated heterocycles. The van der Waals surface area contributed by atoms with Crippen molar-refractivity contribution in [2.75, 3.05) is 31.6 Å². The van der Waals surface area contributed by atoms with Crippen molar-refractivity contribution < 1.29 is 14.3 Å². The predicted molar refractivity (Wildman–Crippen MR) is 94.3 cm³/mol. The summed E-state index contributed by atoms with van der Waals surface area (Å²) in [5, 5.41) is 5.77. The molecule has 7 nitrogen and oxygen atoms in total. The highest BCUT2D eigenvalue weighted by atomic mass is 16.5. The number of hydrogen-bond donors (Lipinski definition) is 2. The lowest BCUT2D eigenvalue weighted by atomic mass is 9.97. The second-order valence-electron chi connectivity index (χ2n) is 6.82. The molecule has 2 fully saturated rings. The Kier molecular flexibility index (Phi) is 5.86. The Morgan fingerprint density at radius 2 is 2.20 bits per heavy atom. The van der Waals surface area contributed by atoms with E-state index in [2.05, 4.69) is 15.6 Å². The van der Waals surface area contributed by atoms with Gasteiger partial charge in [0.25, 0.3) is 0 Å². The number of piperidine rings is 1. The average molecular weight is 346 g/mol. The fourth-order valence-electron chi connectivity index (χ4n) is 3.26. The Balaban J connectivity index is 1.48. The second kappa shape index (κ2) is 8.29. The number of amides is 3. The third-order valence-corrected chi connectivity index (χ3v) is 4.75. The molecule has 3 heterocycles. The van der Waals surface area contributed by atoms with E-state index in [4.69, 9.17) is 4.74 Å². The van der Waals surface area contributed by atoms with E-state index in [0.29, 0.717) is 25.5 Å². The lowest BCUT2D eigenvalue weighted by Crippen LogP contribution is -2.49. The number of rotatable bonds is 4. The summed E-state index contributed by atoms with van der Waals surface area (Å²) in [7, 11) is 0. The molecule has 25 heavy (non-hydrogen) atoms. The Morgan fingerprint density at radius 3 is 2.92 bits per heavy atom. The van der Waals surface area contributed by atoms with Crippen LogP contribution in [0.2, 0.25) is 0 Å². The highest BCUT2D eigenvalue weighted by Gasteiger charge is 2.29. The van der Waals surface area contributed by atoms with Gasteiger partial charge in [0.2, 0.25) is 5.91 Å². The van der Waals surface area contributed by atoms with Crippen LogP contribution in [0.5, 0.6) is 0 Å². The minimum Gasteiger partial charge on any atom is -0.376 e. The highest BCUT2D eigenvalue weighted by molar-refractivity contribution is 5.92. The molecule has 7 heteroatoms. The first-order valence-corrected chi connectivity index (χ1v) is 9.00. The molecule has 1 aromatic heterocycles. The van der Waals surface area contributed by atoms with Crippen LogP contribution < -0.4 is 10.6 Å². The number of likely N-dealkylation sites (tertiary alicyclic amines) is 1. The van der Waals surface area contributed by atoms with Crippen molar-refractivity contribution in [2.24, 2.45) is 5.92 Å². The molecule has 0 unspecified atom stereocenters. The Hall–Kier alpha value is -2.15. The number of aromatic nitrogens is 1. The first-order chi connectivity index (χ1) is 12.1. The Bertz CT molecular complexity index is 599. The zero-order chi connectivity index (χ0) is 17.6. The van der Waals surface area contributed by atoms with Crippen LogP contribution in [0, 0.1) is 12.8 Å². The summed E-state index contributed by atoms with van der Waals surface area (Å²) in [6, 6.07) is 3.60. The minimum absolute atomic E-state index is 0.0759. The first-order valence-electron chi connectivity index (χ1n) is 9.00. The number of aryl methyl sites for hydroxylation is 1. The van der Waals surface area contributed by atoms with Gasteiger partial charge in [0.1, 0.15) is 5.82 Å². The molecule has 0 aromatic carbocycles. The predicted octanol–water partition coefficient (Wildman–Crippen LogP) is 1.93. The maximum Gasteiger partial charge on any atom is 0.317 e. The van der Waals surface area contributed by atoms with Crippen molar-refractivity contribution in [1.82, 2.24) is 15.2 Å². The van der Waals surface area contributed by atoms with Crippen molar-refractivity contribution in [3.8, 4) is 0 Å². The van der Waals surface area contributed by atoms with Crippen LogP contribution >= 0.6 is 0 Å². The van der Waals surface area contributed by atoms with E-state index in [1.807, 2.05) is 13.0 Å². The van der Waals surface area contributed by atoms with Gasteiger partial charge in [-0.25, -0.2) is 9.78 Å². The number of pyridine rings is 1. The molecule has 2 N–H and O–H groups in total. The molecule has 2 atom stereocenters. The number of hydrogen-bond acceptors (Lipinski definition) is 4. The van der Waals surface area contributed by atoms with Gasteiger partial charge in [-0.3, -0.25) is 4.79 Å². The lowest BCUT2D eigenvalue weighted by molar-refractivity contribution is -0.121. The van der Waals surface area contributed by atoms with E-state index in [1.165, 1.54) is 0 Å². The Morgan fingerprint density at radius 1 is 1.32 bits per heavy atom. The zero-order valence-electron chi connectivity index (χ0n) is 14.7. The monoisotopic (exact) mass is 346 g/mol. The van der Waals surface area contributed by atoms with E-state index in [-0.39, 0.29) is 24.0 Å². The smallest absolute Gasteiger partial charge is 0.317 e. The molecule has 0 radical (unpaired) electrons. The SMILES string of the molecule is Cc1ccc(NC(=O)[C@H]2CCCN(C(=O)NC[C@@H]3CCCO3)C2)nc1. The van der Waals surface area contributed by atoms with Gasteiger partial charge in [-0.1, -0.05) is 6.07 Å². The molecular formula is C18H26N4O3. The van der Waals surface area contributed by atoms with E-state index in [0.717, 1.165) is 37.9 Å². The van der Waals surface area contributed by atoms with Crippen LogP contribution in [0.25, 0.3) is 0 Å². The van der Waals surface area contributed by atoms with Crippen molar-refractivity contribution in [1.29, 1.82) is 0 Å². The summed E-state index contributed by atoms with van der Waals surface area (Å²) in [5.41, 5.74) is 1.05. The normalized spacial score (nSPS) is 23.3. The number of carbonyl (C=O) groups is 2. The third kappa shape index (κ3) is 4.92. The van der Waals surface area contributed by atoms with Crippen molar-refractivity contribution in [3.05, 3.63) is 23.9 Å². The largest absolute Gasteiger partial charge is 0.376 e. The standard InChI is InChI=1S/C18H26N4O3/c1-13-6-7-16(19-10-13)21-17(23)14-4-2-8-22(12-14)18(24)20-11-15-5-3-9-25-15/h6-7,10,14-15H,2-5,8-9,11-12H2,1H3,(H,20,24)(H,19,21,23)/t14-,15-/m0/s1. The number of nitrogens with zero attached hydrogens (tertiary/aromatic N) is 2. The van der Waals surface area contributed by atoms with E-state index < -0.39 is 0 Å². The van der Waals surface area contributed by atoms with Gasteiger partial charge in [0.05, 0.1) is 12.0 Å². The van der Waals surface area contributed by atoms with Crippen LogP contribution in [-0.4, -0.2) is 54.2 Å². The van der Waals surface area contributed by atoms with Crippen LogP contribution in [0.3, 0.4) is 0 Å². The molecule has 2 aliphatic heterocycles. The van der Waals surface area contributed by atoms with Gasteiger partial charge in [0, 0.05) is 32.4 Å². The number of nitrogens with one attached hydrogen (secondary N) is 2. The molecule has 3 rings (SSSR count). The summed E-state index contributed by atoms with van der Waals surface area (Å²) in [6.07, 6.45) is 5.51. The van der Waals surface area contributed by atoms with Gasteiger partial charge < -0.3 is 20.3 Å². The molecule has 0 bridgehead atoms. The van der Waals surface area contributed by atoms with Crippen molar-refractivity contribution >= 4 is 17.8 Å². The maximum atomic E-state index is 12.5. The summed E-state index contributed by atoms with van der Waals surface area (Å²) in [6.45, 7) is 4.39. The van der Waals surface area contributed by atoms with E-state index in [9.17, 15) is 9.59 Å². The summed E-state index contributed by atoms with van der Waals surface area (Å²) >= 11 is 0. The van der Waals surface area contributed by atoms with Crippen LogP contribution in [0.4, 0.5) is 10.6 Å². The molecule has 2 aliphatic rings. The number of anilines is 1. The molecule has 136 valence electrons. The van der Waals surface area contributed by atoms with Gasteiger partial charge in [0.15, 0.2) is 0 Å². The minimum atomic E-state index is -0.203. The molecule has 3 amide bonds. The van der Waals surface area contributed by atoms with Crippen LogP contribution in [0.15, 0.2) is 18.3 Å².